The Morgan fingerprint density at radius 2 is 1.80 bits per heavy atom. The van der Waals surface area contributed by atoms with Gasteiger partial charge in [0, 0.05) is 67.6 Å². The first-order valence-electron chi connectivity index (χ1n) is 14.8. The van der Waals surface area contributed by atoms with Gasteiger partial charge in [0.05, 0.1) is 12.2 Å². The lowest BCUT2D eigenvalue weighted by molar-refractivity contribution is -0.126. The number of hydrogen-bond donors (Lipinski definition) is 1. The summed E-state index contributed by atoms with van der Waals surface area (Å²) in [6.07, 6.45) is 4.51. The van der Waals surface area contributed by atoms with E-state index in [9.17, 15) is 9.59 Å². The topological polar surface area (TPSA) is 72.0 Å². The van der Waals surface area contributed by atoms with E-state index in [1.54, 1.807) is 0 Å². The fourth-order valence-corrected chi connectivity index (χ4v) is 6.73. The molecule has 8 heteroatoms. The molecule has 1 N–H and O–H groups in total. The Bertz CT molecular complexity index is 1470. The second-order valence-corrected chi connectivity index (χ2v) is 11.6. The number of likely N-dealkylation sites (N-methyl/N-ethyl adjacent to an activating group) is 1. The summed E-state index contributed by atoms with van der Waals surface area (Å²) in [6, 6.07) is 15.3. The van der Waals surface area contributed by atoms with Crippen molar-refractivity contribution < 1.29 is 9.59 Å². The Morgan fingerprint density at radius 1 is 1.02 bits per heavy atom. The average Bonchev–Trinajstić information content (AvgIpc) is 3.42. The van der Waals surface area contributed by atoms with Crippen LogP contribution in [-0.4, -0.2) is 85.5 Å². The average molecular weight is 553 g/mol. The van der Waals surface area contributed by atoms with Crippen molar-refractivity contribution in [2.45, 2.75) is 38.8 Å². The minimum absolute atomic E-state index is 0.0284. The number of aromatic nitrogens is 1. The maximum atomic E-state index is 13.5. The Labute approximate surface area is 242 Å². The van der Waals surface area contributed by atoms with Crippen LogP contribution in [0.4, 0.5) is 11.4 Å². The zero-order valence-electron chi connectivity index (χ0n) is 24.2. The molecule has 3 aliphatic rings. The van der Waals surface area contributed by atoms with E-state index >= 15 is 0 Å². The molecule has 1 atom stereocenters. The van der Waals surface area contributed by atoms with E-state index < -0.39 is 0 Å². The molecule has 1 aromatic heterocycles. The molecule has 41 heavy (non-hydrogen) atoms. The first-order chi connectivity index (χ1) is 19.9. The largest absolute Gasteiger partial charge is 0.368 e. The second-order valence-electron chi connectivity index (χ2n) is 11.6. The van der Waals surface area contributed by atoms with Crippen LogP contribution >= 0.6 is 0 Å². The molecule has 0 aliphatic carbocycles. The normalized spacial score (nSPS) is 19.4. The molecule has 2 aromatic carbocycles. The molecule has 0 spiro atoms. The molecule has 0 bridgehead atoms. The Balaban J connectivity index is 1.31. The van der Waals surface area contributed by atoms with Crippen LogP contribution in [0, 0.1) is 6.92 Å². The SMILES string of the molecule is C=CC(=O)N1CCN(c2cc(C(=O)NCC3CCCN3C)nc3c2CCN(c2cccc4cccc(C)c24)C3)CC1. The van der Waals surface area contributed by atoms with Gasteiger partial charge in [-0.1, -0.05) is 36.9 Å². The molecule has 2 amide bonds. The van der Waals surface area contributed by atoms with E-state index in [0.29, 0.717) is 37.9 Å². The Kier molecular flexibility index (Phi) is 7.67. The van der Waals surface area contributed by atoms with Crippen molar-refractivity contribution in [1.29, 1.82) is 0 Å². The number of fused-ring (bicyclic) bond motifs is 2. The molecular weight excluding hydrogens is 512 g/mol. The van der Waals surface area contributed by atoms with Crippen LogP contribution in [0.5, 0.6) is 0 Å². The summed E-state index contributed by atoms with van der Waals surface area (Å²) in [5.41, 5.74) is 6.21. The lowest BCUT2D eigenvalue weighted by Gasteiger charge is -2.39. The van der Waals surface area contributed by atoms with Gasteiger partial charge in [0.1, 0.15) is 5.69 Å². The van der Waals surface area contributed by atoms with Crippen LogP contribution in [-0.2, 0) is 17.8 Å². The Hall–Kier alpha value is -3.91. The molecule has 0 saturated carbocycles. The van der Waals surface area contributed by atoms with Crippen LogP contribution in [0.1, 0.15) is 40.2 Å². The van der Waals surface area contributed by atoms with E-state index in [-0.39, 0.29) is 11.8 Å². The van der Waals surface area contributed by atoms with E-state index in [1.807, 2.05) is 11.0 Å². The van der Waals surface area contributed by atoms with Gasteiger partial charge in [-0.2, -0.15) is 0 Å². The molecule has 4 heterocycles. The molecule has 6 rings (SSSR count). The zero-order valence-corrected chi connectivity index (χ0v) is 24.2. The van der Waals surface area contributed by atoms with Gasteiger partial charge in [-0.3, -0.25) is 9.59 Å². The number of pyridine rings is 1. The van der Waals surface area contributed by atoms with Crippen molar-refractivity contribution in [2.24, 2.45) is 0 Å². The number of carbonyl (C=O) groups excluding carboxylic acids is 2. The minimum atomic E-state index is -0.118. The van der Waals surface area contributed by atoms with Crippen LogP contribution in [0.2, 0.25) is 0 Å². The highest BCUT2D eigenvalue weighted by Gasteiger charge is 2.29. The summed E-state index contributed by atoms with van der Waals surface area (Å²) in [7, 11) is 2.12. The maximum absolute atomic E-state index is 13.5. The highest BCUT2D eigenvalue weighted by Crippen LogP contribution is 2.35. The first-order valence-corrected chi connectivity index (χ1v) is 14.8. The van der Waals surface area contributed by atoms with Gasteiger partial charge in [-0.15, -0.1) is 0 Å². The number of rotatable bonds is 6. The lowest BCUT2D eigenvalue weighted by atomic mass is 9.97. The highest BCUT2D eigenvalue weighted by molar-refractivity contribution is 5.97. The summed E-state index contributed by atoms with van der Waals surface area (Å²) in [5, 5.41) is 5.68. The number of nitrogens with zero attached hydrogens (tertiary/aromatic N) is 5. The van der Waals surface area contributed by atoms with Gasteiger partial charge in [0.25, 0.3) is 5.91 Å². The van der Waals surface area contributed by atoms with Crippen LogP contribution in [0.15, 0.2) is 55.1 Å². The summed E-state index contributed by atoms with van der Waals surface area (Å²) in [6.45, 7) is 11.8. The molecular formula is C33H40N6O2. The van der Waals surface area contributed by atoms with E-state index in [2.05, 4.69) is 77.0 Å². The number of benzene rings is 2. The molecule has 3 aliphatic heterocycles. The molecule has 1 unspecified atom stereocenters. The van der Waals surface area contributed by atoms with Crippen molar-refractivity contribution >= 4 is 34.0 Å². The van der Waals surface area contributed by atoms with Crippen LogP contribution in [0.3, 0.4) is 0 Å². The number of anilines is 2. The number of carbonyl (C=O) groups is 2. The van der Waals surface area contributed by atoms with Crippen LogP contribution in [0.25, 0.3) is 10.8 Å². The third kappa shape index (κ3) is 5.40. The summed E-state index contributed by atoms with van der Waals surface area (Å²) < 4.78 is 0. The number of amides is 2. The van der Waals surface area contributed by atoms with Crippen molar-refractivity contribution in [3.8, 4) is 0 Å². The first kappa shape index (κ1) is 27.3. The van der Waals surface area contributed by atoms with Gasteiger partial charge >= 0.3 is 0 Å². The van der Waals surface area contributed by atoms with E-state index in [1.165, 1.54) is 40.1 Å². The van der Waals surface area contributed by atoms with Gasteiger partial charge in [-0.05, 0) is 68.9 Å². The number of nitrogens with one attached hydrogen (secondary N) is 1. The van der Waals surface area contributed by atoms with Crippen LogP contribution < -0.4 is 15.1 Å². The fraction of sp³-hybridized carbons (Fsp3) is 0.424. The van der Waals surface area contributed by atoms with Gasteiger partial charge in [0.15, 0.2) is 0 Å². The van der Waals surface area contributed by atoms with E-state index in [0.717, 1.165) is 50.4 Å². The smallest absolute Gasteiger partial charge is 0.270 e. The van der Waals surface area contributed by atoms with Gasteiger partial charge in [-0.25, -0.2) is 4.98 Å². The standard InChI is InChI=1S/C33H40N6O2/c1-4-31(40)38-18-16-37(17-19-38)30-20-27(33(41)34-21-25-11-7-14-36(25)3)35-28-22-39(15-13-26(28)30)29-12-6-10-24-9-5-8-23(2)32(24)29/h4-6,8-10,12,20,25H,1,7,11,13-19,21-22H2,2-3H3,(H,34,41). The highest BCUT2D eigenvalue weighted by atomic mass is 16.2. The van der Waals surface area contributed by atoms with E-state index in [4.69, 9.17) is 4.98 Å². The zero-order chi connectivity index (χ0) is 28.5. The summed E-state index contributed by atoms with van der Waals surface area (Å²) in [4.78, 5) is 39.6. The van der Waals surface area contributed by atoms with Gasteiger partial charge in [0.2, 0.25) is 5.91 Å². The number of piperazine rings is 1. The number of aryl methyl sites for hydroxylation is 1. The predicted octanol–water partition coefficient (Wildman–Crippen LogP) is 3.76. The third-order valence-corrected chi connectivity index (χ3v) is 9.10. The van der Waals surface area contributed by atoms with Crippen molar-refractivity contribution in [1.82, 2.24) is 20.1 Å². The van der Waals surface area contributed by atoms with Gasteiger partial charge < -0.3 is 24.9 Å². The number of hydrogen-bond acceptors (Lipinski definition) is 6. The number of likely N-dealkylation sites (tertiary alicyclic amines) is 1. The quantitative estimate of drug-likeness (QED) is 0.470. The summed E-state index contributed by atoms with van der Waals surface area (Å²) in [5.74, 6) is -0.146. The molecule has 3 aromatic rings. The van der Waals surface area contributed by atoms with Crippen molar-refractivity contribution in [2.75, 3.05) is 62.7 Å². The van der Waals surface area contributed by atoms with Crippen molar-refractivity contribution in [3.05, 3.63) is 77.6 Å². The van der Waals surface area contributed by atoms with Crippen molar-refractivity contribution in [3.63, 3.8) is 0 Å². The molecule has 8 nitrogen and oxygen atoms in total. The fourth-order valence-electron chi connectivity index (χ4n) is 6.73. The minimum Gasteiger partial charge on any atom is -0.368 e. The lowest BCUT2D eigenvalue weighted by Crippen LogP contribution is -2.49. The molecule has 0 radical (unpaired) electrons. The third-order valence-electron chi connectivity index (χ3n) is 9.10. The molecule has 214 valence electrons. The maximum Gasteiger partial charge on any atom is 0.270 e. The molecule has 2 saturated heterocycles. The summed E-state index contributed by atoms with van der Waals surface area (Å²) >= 11 is 0. The predicted molar refractivity (Wildman–Crippen MR) is 165 cm³/mol. The second kappa shape index (κ2) is 11.5. The molecule has 2 fully saturated rings. The monoisotopic (exact) mass is 552 g/mol. The Morgan fingerprint density at radius 3 is 2.54 bits per heavy atom.